The number of halogens is 2. The van der Waals surface area contributed by atoms with Gasteiger partial charge < -0.3 is 20.1 Å². The van der Waals surface area contributed by atoms with Crippen LogP contribution in [-0.4, -0.2) is 54.9 Å². The van der Waals surface area contributed by atoms with Crippen LogP contribution in [-0.2, 0) is 6.42 Å². The average Bonchev–Trinajstić information content (AvgIpc) is 2.80. The maximum atomic E-state index is 11.6. The molecule has 1 saturated heterocycles. The van der Waals surface area contributed by atoms with Crippen LogP contribution in [0.4, 0.5) is 0 Å². The van der Waals surface area contributed by atoms with Gasteiger partial charge in [-0.3, -0.25) is 0 Å². The van der Waals surface area contributed by atoms with Gasteiger partial charge in [0.05, 0.1) is 12.2 Å². The summed E-state index contributed by atoms with van der Waals surface area (Å²) >= 11 is 0. The second kappa shape index (κ2) is 13.4. The van der Waals surface area contributed by atoms with Crippen LogP contribution in [0.1, 0.15) is 49.1 Å². The summed E-state index contributed by atoms with van der Waals surface area (Å²) in [5, 5.41) is 15.0. The molecule has 1 atom stereocenters. The molecule has 6 heteroatoms. The molecule has 0 bridgehead atoms. The lowest BCUT2D eigenvalue weighted by Crippen LogP contribution is -2.49. The molecule has 1 aliphatic carbocycles. The van der Waals surface area contributed by atoms with Crippen LogP contribution in [0.15, 0.2) is 54.6 Å². The number of hydrogen-bond acceptors (Lipinski definition) is 4. The van der Waals surface area contributed by atoms with Crippen molar-refractivity contribution >= 4 is 24.8 Å². The standard InChI is InChI=1S/C26H36N2O2.2ClH/c29-26(14-5-2-6-15-26)25(21-28-18-16-27-17-19-28)23-9-11-24(12-10-23)30-20-13-22-7-3-1-4-8-22;;/h1,3-4,7-12,25,27,29H,2,5-6,13-21H2;2*1H. The van der Waals surface area contributed by atoms with E-state index in [1.807, 2.05) is 6.07 Å². The summed E-state index contributed by atoms with van der Waals surface area (Å²) in [4.78, 5) is 2.51. The topological polar surface area (TPSA) is 44.7 Å². The molecular weight excluding hydrogens is 443 g/mol. The first kappa shape index (κ1) is 26.9. The fraction of sp³-hybridized carbons (Fsp3) is 0.538. The lowest BCUT2D eigenvalue weighted by Gasteiger charge is -2.42. The van der Waals surface area contributed by atoms with Gasteiger partial charge >= 0.3 is 0 Å². The molecule has 2 aromatic rings. The summed E-state index contributed by atoms with van der Waals surface area (Å²) in [6.45, 7) is 5.82. The Balaban J connectivity index is 0.00000181. The summed E-state index contributed by atoms with van der Waals surface area (Å²) in [6, 6.07) is 19.0. The first-order valence-corrected chi connectivity index (χ1v) is 11.7. The molecule has 4 nitrogen and oxygen atoms in total. The molecule has 0 aromatic heterocycles. The Morgan fingerprint density at radius 1 is 0.906 bits per heavy atom. The maximum Gasteiger partial charge on any atom is 0.119 e. The van der Waals surface area contributed by atoms with E-state index in [4.69, 9.17) is 4.74 Å². The van der Waals surface area contributed by atoms with E-state index in [0.29, 0.717) is 6.61 Å². The summed E-state index contributed by atoms with van der Waals surface area (Å²) in [7, 11) is 0. The Morgan fingerprint density at radius 3 is 2.22 bits per heavy atom. The lowest BCUT2D eigenvalue weighted by atomic mass is 9.72. The number of rotatable bonds is 8. The van der Waals surface area contributed by atoms with E-state index < -0.39 is 5.60 Å². The van der Waals surface area contributed by atoms with Crippen molar-refractivity contribution in [3.63, 3.8) is 0 Å². The van der Waals surface area contributed by atoms with E-state index in [9.17, 15) is 5.11 Å². The first-order valence-electron chi connectivity index (χ1n) is 11.7. The molecule has 0 spiro atoms. The third kappa shape index (κ3) is 7.36. The molecule has 0 radical (unpaired) electrons. The molecule has 4 rings (SSSR count). The molecule has 1 aliphatic heterocycles. The zero-order valence-corrected chi connectivity index (χ0v) is 20.5. The Hall–Kier alpha value is -1.30. The van der Waals surface area contributed by atoms with E-state index >= 15 is 0 Å². The van der Waals surface area contributed by atoms with Crippen LogP contribution in [0.5, 0.6) is 5.75 Å². The van der Waals surface area contributed by atoms with Gasteiger partial charge in [-0.05, 0) is 36.1 Å². The van der Waals surface area contributed by atoms with E-state index in [2.05, 4.69) is 58.7 Å². The highest BCUT2D eigenvalue weighted by Gasteiger charge is 2.39. The Morgan fingerprint density at radius 2 is 1.56 bits per heavy atom. The van der Waals surface area contributed by atoms with E-state index in [1.165, 1.54) is 17.5 Å². The monoisotopic (exact) mass is 480 g/mol. The molecule has 2 N–H and O–H groups in total. The zero-order chi connectivity index (χ0) is 20.7. The predicted octanol–water partition coefficient (Wildman–Crippen LogP) is 4.84. The quantitative estimate of drug-likeness (QED) is 0.567. The first-order chi connectivity index (χ1) is 14.7. The van der Waals surface area contributed by atoms with Crippen molar-refractivity contribution in [2.75, 3.05) is 39.3 Å². The molecule has 178 valence electrons. The second-order valence-corrected chi connectivity index (χ2v) is 8.92. The van der Waals surface area contributed by atoms with Crippen LogP contribution in [0.2, 0.25) is 0 Å². The van der Waals surface area contributed by atoms with Crippen LogP contribution in [0, 0.1) is 0 Å². The number of nitrogens with zero attached hydrogens (tertiary/aromatic N) is 1. The normalized spacial score (nSPS) is 19.3. The lowest BCUT2D eigenvalue weighted by molar-refractivity contribution is -0.0316. The molecule has 0 amide bonds. The highest BCUT2D eigenvalue weighted by molar-refractivity contribution is 5.85. The van der Waals surface area contributed by atoms with Gasteiger partial charge in [-0.1, -0.05) is 61.7 Å². The molecule has 2 aliphatic rings. The molecule has 32 heavy (non-hydrogen) atoms. The summed E-state index contributed by atoms with van der Waals surface area (Å²) < 4.78 is 5.98. The van der Waals surface area contributed by atoms with Gasteiger partial charge in [0.25, 0.3) is 0 Å². The van der Waals surface area contributed by atoms with Gasteiger partial charge in [-0.25, -0.2) is 0 Å². The van der Waals surface area contributed by atoms with Crippen molar-refractivity contribution < 1.29 is 9.84 Å². The average molecular weight is 482 g/mol. The van der Waals surface area contributed by atoms with Gasteiger partial charge in [0.1, 0.15) is 5.75 Å². The summed E-state index contributed by atoms with van der Waals surface area (Å²) in [5.74, 6) is 1.07. The number of nitrogens with one attached hydrogen (secondary N) is 1. The Kier molecular flexibility index (Phi) is 11.3. The highest BCUT2D eigenvalue weighted by Crippen LogP contribution is 2.40. The molecule has 1 heterocycles. The van der Waals surface area contributed by atoms with Crippen LogP contribution in [0.3, 0.4) is 0 Å². The number of piperazine rings is 1. The maximum absolute atomic E-state index is 11.6. The minimum absolute atomic E-state index is 0. The highest BCUT2D eigenvalue weighted by atomic mass is 35.5. The fourth-order valence-corrected chi connectivity index (χ4v) is 4.98. The van der Waals surface area contributed by atoms with Crippen LogP contribution >= 0.6 is 24.8 Å². The number of ether oxygens (including phenoxy) is 1. The predicted molar refractivity (Wildman–Crippen MR) is 137 cm³/mol. The zero-order valence-electron chi connectivity index (χ0n) is 18.9. The van der Waals surface area contributed by atoms with E-state index in [1.54, 1.807) is 0 Å². The van der Waals surface area contributed by atoms with Gasteiger partial charge in [0.2, 0.25) is 0 Å². The number of aliphatic hydroxyl groups is 1. The minimum atomic E-state index is -0.585. The molecular formula is C26H38Cl2N2O2. The van der Waals surface area contributed by atoms with Crippen molar-refractivity contribution in [3.8, 4) is 5.75 Å². The largest absolute Gasteiger partial charge is 0.493 e. The van der Waals surface area contributed by atoms with Crippen LogP contribution < -0.4 is 10.1 Å². The Labute approximate surface area is 205 Å². The number of hydrogen-bond donors (Lipinski definition) is 2. The van der Waals surface area contributed by atoms with Crippen molar-refractivity contribution in [1.29, 1.82) is 0 Å². The van der Waals surface area contributed by atoms with Gasteiger partial charge in [-0.2, -0.15) is 0 Å². The van der Waals surface area contributed by atoms with Crippen molar-refractivity contribution in [2.45, 2.75) is 50.0 Å². The minimum Gasteiger partial charge on any atom is -0.493 e. The molecule has 1 unspecified atom stereocenters. The SMILES string of the molecule is Cl.Cl.OC1(C(CN2CCNCC2)c2ccc(OCCc3ccccc3)cc2)CCCCC1. The van der Waals surface area contributed by atoms with Crippen LogP contribution in [0.25, 0.3) is 0 Å². The summed E-state index contributed by atoms with van der Waals surface area (Å²) in [6.07, 6.45) is 6.26. The molecule has 2 aromatic carbocycles. The van der Waals surface area contributed by atoms with Crippen molar-refractivity contribution in [1.82, 2.24) is 10.2 Å². The number of benzene rings is 2. The molecule has 1 saturated carbocycles. The second-order valence-electron chi connectivity index (χ2n) is 8.92. The van der Waals surface area contributed by atoms with Gasteiger partial charge in [0.15, 0.2) is 0 Å². The molecule has 2 fully saturated rings. The third-order valence-corrected chi connectivity index (χ3v) is 6.80. The summed E-state index contributed by atoms with van der Waals surface area (Å²) in [5.41, 5.74) is 1.96. The third-order valence-electron chi connectivity index (χ3n) is 6.80. The van der Waals surface area contributed by atoms with Crippen molar-refractivity contribution in [2.24, 2.45) is 0 Å². The van der Waals surface area contributed by atoms with E-state index in [-0.39, 0.29) is 30.7 Å². The van der Waals surface area contributed by atoms with Crippen molar-refractivity contribution in [3.05, 3.63) is 65.7 Å². The van der Waals surface area contributed by atoms with Gasteiger partial charge in [-0.15, -0.1) is 24.8 Å². The van der Waals surface area contributed by atoms with Gasteiger partial charge in [0, 0.05) is 45.1 Å². The smallest absolute Gasteiger partial charge is 0.119 e. The fourth-order valence-electron chi connectivity index (χ4n) is 4.98. The van der Waals surface area contributed by atoms with E-state index in [0.717, 1.165) is 70.6 Å². The Bertz CT molecular complexity index is 761.